The van der Waals surface area contributed by atoms with Crippen molar-refractivity contribution in [2.75, 3.05) is 0 Å². The molecule has 152 valence electrons. The number of halogens is 2. The van der Waals surface area contributed by atoms with Gasteiger partial charge >= 0.3 is 12.6 Å². The zero-order valence-corrected chi connectivity index (χ0v) is 15.9. The Balaban J connectivity index is 1.60. The van der Waals surface area contributed by atoms with Gasteiger partial charge in [-0.15, -0.1) is 5.01 Å². The smallest absolute Gasteiger partial charge is 0.387 e. The van der Waals surface area contributed by atoms with Crippen LogP contribution in [0.15, 0.2) is 71.8 Å². The quantitative estimate of drug-likeness (QED) is 0.506. The van der Waals surface area contributed by atoms with Crippen LogP contribution in [0.25, 0.3) is 10.8 Å². The maximum absolute atomic E-state index is 13.0. The Bertz CT molecular complexity index is 1140. The third-order valence-corrected chi connectivity index (χ3v) is 4.96. The Labute approximate surface area is 170 Å². The summed E-state index contributed by atoms with van der Waals surface area (Å²) < 4.78 is 29.0. The summed E-state index contributed by atoms with van der Waals surface area (Å²) in [6.07, 6.45) is 1.46. The van der Waals surface area contributed by atoms with E-state index in [9.17, 15) is 18.4 Å². The highest BCUT2D eigenvalue weighted by atomic mass is 19.3. The summed E-state index contributed by atoms with van der Waals surface area (Å²) in [5.74, 6) is -0.619. The number of urea groups is 1. The number of fused-ring (bicyclic) bond motifs is 1. The van der Waals surface area contributed by atoms with Gasteiger partial charge in [-0.05, 0) is 35.4 Å². The van der Waals surface area contributed by atoms with Gasteiger partial charge in [0.05, 0.1) is 6.21 Å². The standard InChI is InChI=1S/C22H17F2N3O3/c1-22(16-9-11-17(12-10-16)30-20(23)24)19(28)27(21(29)26-22)25-13-15-7-4-6-14-5-2-3-8-18(14)15/h2-13,20H,1H3,(H,26,29). The fourth-order valence-electron chi connectivity index (χ4n) is 3.38. The number of carbonyl (C=O) groups excluding carboxylic acids is 2. The van der Waals surface area contributed by atoms with Crippen molar-refractivity contribution in [3.63, 3.8) is 0 Å². The highest BCUT2D eigenvalue weighted by Gasteiger charge is 2.49. The van der Waals surface area contributed by atoms with Crippen LogP contribution in [0.1, 0.15) is 18.1 Å². The summed E-state index contributed by atoms with van der Waals surface area (Å²) in [6.45, 7) is -1.41. The molecule has 4 rings (SSSR count). The number of benzene rings is 3. The monoisotopic (exact) mass is 409 g/mol. The molecule has 1 aliphatic heterocycles. The fourth-order valence-corrected chi connectivity index (χ4v) is 3.38. The van der Waals surface area contributed by atoms with Gasteiger partial charge < -0.3 is 10.1 Å². The zero-order chi connectivity index (χ0) is 21.3. The molecule has 1 saturated heterocycles. The largest absolute Gasteiger partial charge is 0.435 e. The second-order valence-electron chi connectivity index (χ2n) is 6.89. The van der Waals surface area contributed by atoms with Crippen molar-refractivity contribution < 1.29 is 23.1 Å². The van der Waals surface area contributed by atoms with Gasteiger partial charge in [-0.3, -0.25) is 4.79 Å². The van der Waals surface area contributed by atoms with Crippen LogP contribution in [-0.2, 0) is 10.3 Å². The number of nitrogens with zero attached hydrogens (tertiary/aromatic N) is 2. The molecule has 0 saturated carbocycles. The number of nitrogens with one attached hydrogen (secondary N) is 1. The molecule has 0 spiro atoms. The Kier molecular flexibility index (Phi) is 4.91. The Morgan fingerprint density at radius 2 is 1.73 bits per heavy atom. The van der Waals surface area contributed by atoms with Crippen molar-refractivity contribution >= 4 is 28.9 Å². The lowest BCUT2D eigenvalue weighted by atomic mass is 9.92. The SMILES string of the molecule is CC1(c2ccc(OC(F)F)cc2)NC(=O)N(N=Cc2cccc3ccccc23)C1=O. The van der Waals surface area contributed by atoms with Crippen LogP contribution in [0, 0.1) is 0 Å². The van der Waals surface area contributed by atoms with Gasteiger partial charge in [-0.25, -0.2) is 4.79 Å². The zero-order valence-electron chi connectivity index (χ0n) is 15.9. The molecule has 0 aliphatic carbocycles. The minimum absolute atomic E-state index is 0.0417. The summed E-state index contributed by atoms with van der Waals surface area (Å²) in [5.41, 5.74) is -0.197. The van der Waals surface area contributed by atoms with Crippen molar-refractivity contribution in [3.8, 4) is 5.75 Å². The van der Waals surface area contributed by atoms with Gasteiger partial charge in [0.15, 0.2) is 0 Å². The van der Waals surface area contributed by atoms with Crippen LogP contribution in [0.4, 0.5) is 13.6 Å². The average Bonchev–Trinajstić information content (AvgIpc) is 2.95. The van der Waals surface area contributed by atoms with Crippen LogP contribution in [0.3, 0.4) is 0 Å². The lowest BCUT2D eigenvalue weighted by molar-refractivity contribution is -0.131. The third-order valence-electron chi connectivity index (χ3n) is 4.96. The molecule has 1 aliphatic rings. The Morgan fingerprint density at radius 3 is 2.47 bits per heavy atom. The number of amides is 3. The third kappa shape index (κ3) is 3.47. The molecule has 0 radical (unpaired) electrons. The first-order valence-electron chi connectivity index (χ1n) is 9.12. The number of carbonyl (C=O) groups is 2. The van der Waals surface area contributed by atoms with Crippen molar-refractivity contribution in [1.29, 1.82) is 0 Å². The van der Waals surface area contributed by atoms with Crippen LogP contribution in [0.5, 0.6) is 5.75 Å². The lowest BCUT2D eigenvalue weighted by Gasteiger charge is -2.21. The molecule has 1 atom stereocenters. The van der Waals surface area contributed by atoms with Crippen LogP contribution < -0.4 is 10.1 Å². The molecule has 3 aromatic rings. The summed E-state index contributed by atoms with van der Waals surface area (Å²) >= 11 is 0. The van der Waals surface area contributed by atoms with Crippen molar-refractivity contribution in [1.82, 2.24) is 10.3 Å². The first kappa shape index (κ1) is 19.5. The van der Waals surface area contributed by atoms with E-state index in [1.165, 1.54) is 37.4 Å². The first-order valence-corrected chi connectivity index (χ1v) is 9.12. The molecule has 1 heterocycles. The van der Waals surface area contributed by atoms with Crippen molar-refractivity contribution in [2.24, 2.45) is 5.10 Å². The predicted octanol–water partition coefficient (Wildman–Crippen LogP) is 4.24. The van der Waals surface area contributed by atoms with Crippen LogP contribution in [0.2, 0.25) is 0 Å². The van der Waals surface area contributed by atoms with E-state index in [0.29, 0.717) is 5.56 Å². The summed E-state index contributed by atoms with van der Waals surface area (Å²) in [5, 5.41) is 9.44. The van der Waals surface area contributed by atoms with Gasteiger partial charge in [-0.2, -0.15) is 13.9 Å². The van der Waals surface area contributed by atoms with E-state index in [4.69, 9.17) is 0 Å². The summed E-state index contributed by atoms with van der Waals surface area (Å²) in [6, 6.07) is 18.2. The molecule has 30 heavy (non-hydrogen) atoms. The summed E-state index contributed by atoms with van der Waals surface area (Å²) in [7, 11) is 0. The number of ether oxygens (including phenoxy) is 1. The van der Waals surface area contributed by atoms with Crippen LogP contribution >= 0.6 is 0 Å². The number of alkyl halides is 2. The Morgan fingerprint density at radius 1 is 1.03 bits per heavy atom. The normalized spacial score (nSPS) is 19.1. The van der Waals surface area contributed by atoms with E-state index in [1.54, 1.807) is 0 Å². The average molecular weight is 409 g/mol. The first-order chi connectivity index (χ1) is 14.4. The highest BCUT2D eigenvalue weighted by molar-refractivity contribution is 6.08. The molecule has 0 bridgehead atoms. The van der Waals surface area contributed by atoms with Crippen molar-refractivity contribution in [2.45, 2.75) is 19.1 Å². The minimum atomic E-state index is -2.95. The number of hydrogen-bond acceptors (Lipinski definition) is 4. The number of rotatable bonds is 5. The van der Waals surface area contributed by atoms with Gasteiger partial charge in [0, 0.05) is 5.56 Å². The molecule has 0 aromatic heterocycles. The van der Waals surface area contributed by atoms with E-state index < -0.39 is 24.1 Å². The minimum Gasteiger partial charge on any atom is -0.435 e. The topological polar surface area (TPSA) is 71.0 Å². The number of hydrogen-bond donors (Lipinski definition) is 1. The van der Waals surface area contributed by atoms with Gasteiger partial charge in [0.2, 0.25) is 0 Å². The highest BCUT2D eigenvalue weighted by Crippen LogP contribution is 2.30. The molecular formula is C22H17F2N3O3. The van der Waals surface area contributed by atoms with E-state index in [0.717, 1.165) is 21.3 Å². The van der Waals surface area contributed by atoms with E-state index >= 15 is 0 Å². The maximum Gasteiger partial charge on any atom is 0.387 e. The number of hydrazone groups is 1. The molecule has 1 unspecified atom stereocenters. The van der Waals surface area contributed by atoms with Gasteiger partial charge in [0.25, 0.3) is 5.91 Å². The second-order valence-corrected chi connectivity index (χ2v) is 6.89. The molecule has 1 fully saturated rings. The molecule has 3 amide bonds. The van der Waals surface area contributed by atoms with Crippen molar-refractivity contribution in [3.05, 3.63) is 77.9 Å². The molecule has 1 N–H and O–H groups in total. The van der Waals surface area contributed by atoms with E-state index in [-0.39, 0.29) is 5.75 Å². The fraction of sp³-hybridized carbons (Fsp3) is 0.136. The Hall–Kier alpha value is -3.81. The van der Waals surface area contributed by atoms with E-state index in [2.05, 4.69) is 15.2 Å². The predicted molar refractivity (Wildman–Crippen MR) is 107 cm³/mol. The molecule has 6 nitrogen and oxygen atoms in total. The van der Waals surface area contributed by atoms with Gasteiger partial charge in [-0.1, -0.05) is 54.6 Å². The lowest BCUT2D eigenvalue weighted by Crippen LogP contribution is -2.40. The summed E-state index contributed by atoms with van der Waals surface area (Å²) in [4.78, 5) is 25.4. The van der Waals surface area contributed by atoms with E-state index in [1.807, 2.05) is 42.5 Å². The molecular weight excluding hydrogens is 392 g/mol. The van der Waals surface area contributed by atoms with Gasteiger partial charge in [0.1, 0.15) is 11.3 Å². The van der Waals surface area contributed by atoms with Crippen LogP contribution in [-0.4, -0.2) is 29.8 Å². The second kappa shape index (κ2) is 7.55. The maximum atomic E-state index is 13.0. The number of imide groups is 1. The molecule has 8 heteroatoms. The molecule has 3 aromatic carbocycles.